The van der Waals surface area contributed by atoms with Crippen LogP contribution in [0.3, 0.4) is 0 Å². The summed E-state index contributed by atoms with van der Waals surface area (Å²) in [6.07, 6.45) is 2.66. The van der Waals surface area contributed by atoms with Gasteiger partial charge < -0.3 is 10.1 Å². The Morgan fingerprint density at radius 1 is 1.35 bits per heavy atom. The lowest BCUT2D eigenvalue weighted by Crippen LogP contribution is -2.37. The second-order valence-corrected chi connectivity index (χ2v) is 4.81. The van der Waals surface area contributed by atoms with E-state index in [-0.39, 0.29) is 23.8 Å². The largest absolute Gasteiger partial charge is 0.376 e. The molecule has 0 saturated carbocycles. The van der Waals surface area contributed by atoms with Crippen molar-refractivity contribution in [2.75, 3.05) is 26.2 Å². The quantitative estimate of drug-likeness (QED) is 0.711. The van der Waals surface area contributed by atoms with E-state index in [1.54, 1.807) is 6.92 Å². The highest BCUT2D eigenvalue weighted by molar-refractivity contribution is 6.03. The molecule has 2 amide bonds. The number of hydrogen-bond donors (Lipinski definition) is 1. The van der Waals surface area contributed by atoms with E-state index in [0.29, 0.717) is 19.6 Å². The van der Waals surface area contributed by atoms with E-state index >= 15 is 0 Å². The molecule has 1 N–H and O–H groups in total. The van der Waals surface area contributed by atoms with Crippen LogP contribution in [0, 0.1) is 5.92 Å². The summed E-state index contributed by atoms with van der Waals surface area (Å²) in [6.45, 7) is 4.65. The Kier molecular flexibility index (Phi) is 4.12. The van der Waals surface area contributed by atoms with E-state index in [4.69, 9.17) is 4.74 Å². The molecule has 2 saturated heterocycles. The van der Waals surface area contributed by atoms with Gasteiger partial charge in [-0.3, -0.25) is 14.5 Å². The molecule has 5 heteroatoms. The maximum absolute atomic E-state index is 11.6. The van der Waals surface area contributed by atoms with Crippen LogP contribution in [-0.4, -0.2) is 49.1 Å². The summed E-state index contributed by atoms with van der Waals surface area (Å²) in [4.78, 5) is 24.5. The van der Waals surface area contributed by atoms with Crippen LogP contribution in [0.1, 0.15) is 26.2 Å². The van der Waals surface area contributed by atoms with Gasteiger partial charge in [-0.1, -0.05) is 6.92 Å². The Morgan fingerprint density at radius 3 is 2.65 bits per heavy atom. The minimum atomic E-state index is -0.151. The van der Waals surface area contributed by atoms with Gasteiger partial charge in [0, 0.05) is 12.3 Å². The smallest absolute Gasteiger partial charge is 0.232 e. The number of piperidine rings is 1. The number of hydrogen-bond acceptors (Lipinski definition) is 4. The number of nitrogens with zero attached hydrogens (tertiary/aromatic N) is 1. The Labute approximate surface area is 101 Å². The summed E-state index contributed by atoms with van der Waals surface area (Å²) < 4.78 is 5.69. The number of carbonyl (C=O) groups excluding carboxylic acids is 2. The highest BCUT2D eigenvalue weighted by atomic mass is 16.5. The summed E-state index contributed by atoms with van der Waals surface area (Å²) >= 11 is 0. The van der Waals surface area contributed by atoms with Crippen LogP contribution in [0.4, 0.5) is 0 Å². The average molecular weight is 240 g/mol. The van der Waals surface area contributed by atoms with Crippen molar-refractivity contribution in [2.24, 2.45) is 5.92 Å². The first kappa shape index (κ1) is 12.5. The fourth-order valence-electron chi connectivity index (χ4n) is 2.36. The Balaban J connectivity index is 1.71. The van der Waals surface area contributed by atoms with Gasteiger partial charge in [0.2, 0.25) is 11.8 Å². The summed E-state index contributed by atoms with van der Waals surface area (Å²) in [5.74, 6) is -0.262. The van der Waals surface area contributed by atoms with Gasteiger partial charge in [-0.2, -0.15) is 0 Å². The lowest BCUT2D eigenvalue weighted by Gasteiger charge is -2.24. The van der Waals surface area contributed by atoms with Gasteiger partial charge in [-0.05, 0) is 25.9 Å². The van der Waals surface area contributed by atoms with E-state index in [0.717, 1.165) is 25.9 Å². The van der Waals surface area contributed by atoms with Gasteiger partial charge in [0.15, 0.2) is 0 Å². The molecule has 0 aromatic heterocycles. The molecule has 96 valence electrons. The number of ether oxygens (including phenoxy) is 1. The van der Waals surface area contributed by atoms with E-state index in [1.165, 1.54) is 4.90 Å². The van der Waals surface area contributed by atoms with E-state index in [2.05, 4.69) is 5.32 Å². The molecule has 2 rings (SSSR count). The Hall–Kier alpha value is -0.940. The van der Waals surface area contributed by atoms with Crippen LogP contribution in [0.5, 0.6) is 0 Å². The topological polar surface area (TPSA) is 58.6 Å². The fourth-order valence-corrected chi connectivity index (χ4v) is 2.36. The van der Waals surface area contributed by atoms with Crippen LogP contribution >= 0.6 is 0 Å². The maximum Gasteiger partial charge on any atom is 0.232 e. The summed E-state index contributed by atoms with van der Waals surface area (Å²) in [5.41, 5.74) is 0. The molecule has 0 spiro atoms. The van der Waals surface area contributed by atoms with Gasteiger partial charge in [0.1, 0.15) is 0 Å². The van der Waals surface area contributed by atoms with Crippen molar-refractivity contribution in [3.63, 3.8) is 0 Å². The lowest BCUT2D eigenvalue weighted by atomic mass is 10.1. The lowest BCUT2D eigenvalue weighted by molar-refractivity contribution is -0.140. The standard InChI is InChI=1S/C12H20N2O3/c1-9-8-11(15)14(12(9)16)6-7-17-10-2-4-13-5-3-10/h9-10,13H,2-8H2,1H3. The molecular weight excluding hydrogens is 220 g/mol. The van der Waals surface area contributed by atoms with Gasteiger partial charge in [0.25, 0.3) is 0 Å². The fraction of sp³-hybridized carbons (Fsp3) is 0.833. The SMILES string of the molecule is CC1CC(=O)N(CCOC2CCNCC2)C1=O. The summed E-state index contributed by atoms with van der Waals surface area (Å²) in [6, 6.07) is 0. The monoisotopic (exact) mass is 240 g/mol. The molecule has 2 heterocycles. The number of amides is 2. The molecule has 5 nitrogen and oxygen atoms in total. The third-order valence-corrected chi connectivity index (χ3v) is 3.42. The van der Waals surface area contributed by atoms with Crippen molar-refractivity contribution in [1.29, 1.82) is 0 Å². The molecule has 1 atom stereocenters. The molecule has 2 aliphatic heterocycles. The predicted octanol–water partition coefficient (Wildman–Crippen LogP) is 0.150. The Morgan fingerprint density at radius 2 is 2.06 bits per heavy atom. The molecule has 0 aliphatic carbocycles. The van der Waals surface area contributed by atoms with Crippen molar-refractivity contribution < 1.29 is 14.3 Å². The normalized spacial score (nSPS) is 26.9. The van der Waals surface area contributed by atoms with Crippen LogP contribution < -0.4 is 5.32 Å². The second-order valence-electron chi connectivity index (χ2n) is 4.81. The zero-order valence-corrected chi connectivity index (χ0v) is 10.3. The van der Waals surface area contributed by atoms with Crippen molar-refractivity contribution >= 4 is 11.8 Å². The molecule has 17 heavy (non-hydrogen) atoms. The highest BCUT2D eigenvalue weighted by Crippen LogP contribution is 2.18. The molecule has 2 aliphatic rings. The zero-order chi connectivity index (χ0) is 12.3. The first-order valence-corrected chi connectivity index (χ1v) is 6.35. The number of likely N-dealkylation sites (tertiary alicyclic amines) is 1. The second kappa shape index (κ2) is 5.60. The van der Waals surface area contributed by atoms with Crippen LogP contribution in [0.25, 0.3) is 0 Å². The van der Waals surface area contributed by atoms with Crippen LogP contribution in [-0.2, 0) is 14.3 Å². The molecule has 0 aromatic carbocycles. The Bertz CT molecular complexity index is 300. The van der Waals surface area contributed by atoms with Gasteiger partial charge >= 0.3 is 0 Å². The summed E-state index contributed by atoms with van der Waals surface area (Å²) in [7, 11) is 0. The number of imide groups is 1. The van der Waals surface area contributed by atoms with Crippen molar-refractivity contribution in [1.82, 2.24) is 10.2 Å². The van der Waals surface area contributed by atoms with Gasteiger partial charge in [0.05, 0.1) is 19.3 Å². The molecule has 2 fully saturated rings. The number of rotatable bonds is 4. The molecule has 0 aromatic rings. The zero-order valence-electron chi connectivity index (χ0n) is 10.3. The number of nitrogens with one attached hydrogen (secondary N) is 1. The average Bonchev–Trinajstić information content (AvgIpc) is 2.57. The molecular formula is C12H20N2O3. The van der Waals surface area contributed by atoms with E-state index in [1.807, 2.05) is 0 Å². The molecule has 0 bridgehead atoms. The summed E-state index contributed by atoms with van der Waals surface area (Å²) in [5, 5.41) is 3.27. The molecule has 0 radical (unpaired) electrons. The maximum atomic E-state index is 11.6. The van der Waals surface area contributed by atoms with Crippen molar-refractivity contribution in [2.45, 2.75) is 32.3 Å². The first-order valence-electron chi connectivity index (χ1n) is 6.35. The highest BCUT2D eigenvalue weighted by Gasteiger charge is 2.35. The van der Waals surface area contributed by atoms with Crippen LogP contribution in [0.2, 0.25) is 0 Å². The van der Waals surface area contributed by atoms with Crippen LogP contribution in [0.15, 0.2) is 0 Å². The van der Waals surface area contributed by atoms with E-state index < -0.39 is 0 Å². The minimum absolute atomic E-state index is 0.0519. The van der Waals surface area contributed by atoms with Gasteiger partial charge in [-0.25, -0.2) is 0 Å². The van der Waals surface area contributed by atoms with E-state index in [9.17, 15) is 9.59 Å². The van der Waals surface area contributed by atoms with Crippen molar-refractivity contribution in [3.05, 3.63) is 0 Å². The first-order chi connectivity index (χ1) is 8.18. The third kappa shape index (κ3) is 3.04. The number of carbonyl (C=O) groups is 2. The third-order valence-electron chi connectivity index (χ3n) is 3.42. The predicted molar refractivity (Wildman–Crippen MR) is 62.3 cm³/mol. The van der Waals surface area contributed by atoms with Gasteiger partial charge in [-0.15, -0.1) is 0 Å². The van der Waals surface area contributed by atoms with Crippen molar-refractivity contribution in [3.8, 4) is 0 Å². The molecule has 1 unspecified atom stereocenters. The minimum Gasteiger partial charge on any atom is -0.376 e.